The second kappa shape index (κ2) is 5.05. The van der Waals surface area contributed by atoms with Crippen LogP contribution in [0.4, 0.5) is 0 Å². The van der Waals surface area contributed by atoms with E-state index in [9.17, 15) is 0 Å². The van der Waals surface area contributed by atoms with E-state index in [0.29, 0.717) is 6.61 Å². The molecule has 0 atom stereocenters. The van der Waals surface area contributed by atoms with Crippen molar-refractivity contribution in [1.29, 1.82) is 0 Å². The van der Waals surface area contributed by atoms with E-state index in [2.05, 4.69) is 44.7 Å². The lowest BCUT2D eigenvalue weighted by molar-refractivity contribution is 0.296. The largest absolute Gasteiger partial charge is 0.486 e. The molecule has 0 bridgehead atoms. The van der Waals surface area contributed by atoms with Crippen molar-refractivity contribution in [2.24, 2.45) is 7.05 Å². The quantitative estimate of drug-likeness (QED) is 0.732. The summed E-state index contributed by atoms with van der Waals surface area (Å²) in [4.78, 5) is 4.04. The molecule has 0 amide bonds. The monoisotopic (exact) mass is 316 g/mol. The minimum atomic E-state index is 0.531. The van der Waals surface area contributed by atoms with Gasteiger partial charge in [0.05, 0.1) is 11.9 Å². The maximum absolute atomic E-state index is 5.74. The number of aryl methyl sites for hydroxylation is 1. The third-order valence-corrected chi connectivity index (χ3v) is 3.85. The molecule has 3 nitrogen and oxygen atoms in total. The summed E-state index contributed by atoms with van der Waals surface area (Å²) < 4.78 is 9.00. The van der Waals surface area contributed by atoms with Crippen molar-refractivity contribution in [3.05, 3.63) is 59.0 Å². The fourth-order valence-electron chi connectivity index (χ4n) is 2.11. The minimum absolute atomic E-state index is 0.531. The van der Waals surface area contributed by atoms with Crippen LogP contribution in [-0.2, 0) is 13.7 Å². The molecule has 0 unspecified atom stereocenters. The fourth-order valence-corrected chi connectivity index (χ4v) is 2.58. The zero-order chi connectivity index (χ0) is 13.2. The van der Waals surface area contributed by atoms with E-state index in [1.807, 2.05) is 24.3 Å². The van der Waals surface area contributed by atoms with Gasteiger partial charge in [-0.3, -0.25) is 4.98 Å². The van der Waals surface area contributed by atoms with Gasteiger partial charge in [-0.25, -0.2) is 0 Å². The van der Waals surface area contributed by atoms with Crippen molar-refractivity contribution >= 4 is 26.8 Å². The zero-order valence-corrected chi connectivity index (χ0v) is 12.1. The number of aromatic nitrogens is 2. The number of halogens is 1. The van der Waals surface area contributed by atoms with Crippen LogP contribution in [0.3, 0.4) is 0 Å². The summed E-state index contributed by atoms with van der Waals surface area (Å²) in [7, 11) is 2.05. The van der Waals surface area contributed by atoms with Crippen molar-refractivity contribution < 1.29 is 4.74 Å². The van der Waals surface area contributed by atoms with Crippen LogP contribution in [0, 0.1) is 0 Å². The van der Waals surface area contributed by atoms with Gasteiger partial charge in [0.15, 0.2) is 0 Å². The highest BCUT2D eigenvalue weighted by molar-refractivity contribution is 9.10. The summed E-state index contributed by atoms with van der Waals surface area (Å²) in [6.07, 6.45) is 3.46. The lowest BCUT2D eigenvalue weighted by Gasteiger charge is -2.06. The van der Waals surface area contributed by atoms with Gasteiger partial charge in [0, 0.05) is 28.6 Å². The molecule has 96 valence electrons. The van der Waals surface area contributed by atoms with Crippen LogP contribution >= 0.6 is 15.9 Å². The van der Waals surface area contributed by atoms with Gasteiger partial charge >= 0.3 is 0 Å². The molecular formula is C15H13BrN2O. The molecule has 2 heterocycles. The Hall–Kier alpha value is -1.81. The number of nitrogens with zero attached hydrogens (tertiary/aromatic N) is 2. The van der Waals surface area contributed by atoms with Gasteiger partial charge < -0.3 is 9.30 Å². The Kier molecular flexibility index (Phi) is 3.25. The SMILES string of the molecule is Cn1c(COc2cccnc2)cc2c(Br)cccc21. The maximum Gasteiger partial charge on any atom is 0.138 e. The molecule has 2 aromatic heterocycles. The highest BCUT2D eigenvalue weighted by atomic mass is 79.9. The van der Waals surface area contributed by atoms with Gasteiger partial charge in [0.1, 0.15) is 12.4 Å². The van der Waals surface area contributed by atoms with E-state index >= 15 is 0 Å². The lowest BCUT2D eigenvalue weighted by atomic mass is 10.2. The Labute approximate surface area is 120 Å². The van der Waals surface area contributed by atoms with Crippen LogP contribution in [0.15, 0.2) is 53.3 Å². The molecule has 0 spiro atoms. The predicted molar refractivity (Wildman–Crippen MR) is 79.2 cm³/mol. The highest BCUT2D eigenvalue weighted by Crippen LogP contribution is 2.27. The van der Waals surface area contributed by atoms with Crippen LogP contribution in [0.1, 0.15) is 5.69 Å². The second-order valence-corrected chi connectivity index (χ2v) is 5.20. The van der Waals surface area contributed by atoms with Crippen molar-refractivity contribution in [1.82, 2.24) is 9.55 Å². The summed E-state index contributed by atoms with van der Waals surface area (Å²) in [6.45, 7) is 0.531. The molecule has 4 heteroatoms. The molecular weight excluding hydrogens is 304 g/mol. The van der Waals surface area contributed by atoms with E-state index in [1.165, 1.54) is 10.9 Å². The Morgan fingerprint density at radius 1 is 1.26 bits per heavy atom. The predicted octanol–water partition coefficient (Wildman–Crippen LogP) is 3.91. The van der Waals surface area contributed by atoms with Gasteiger partial charge in [-0.1, -0.05) is 22.0 Å². The third kappa shape index (κ3) is 2.36. The molecule has 19 heavy (non-hydrogen) atoms. The van der Waals surface area contributed by atoms with E-state index in [-0.39, 0.29) is 0 Å². The van der Waals surface area contributed by atoms with Crippen LogP contribution in [0.5, 0.6) is 5.75 Å². The first kappa shape index (κ1) is 12.2. The zero-order valence-electron chi connectivity index (χ0n) is 10.5. The van der Waals surface area contributed by atoms with Crippen LogP contribution < -0.4 is 4.74 Å². The number of pyridine rings is 1. The Morgan fingerprint density at radius 3 is 2.89 bits per heavy atom. The Balaban J connectivity index is 1.89. The smallest absolute Gasteiger partial charge is 0.138 e. The molecule has 0 saturated carbocycles. The molecule has 0 aliphatic heterocycles. The molecule has 3 rings (SSSR count). The third-order valence-electron chi connectivity index (χ3n) is 3.15. The first-order chi connectivity index (χ1) is 9.25. The Morgan fingerprint density at radius 2 is 2.16 bits per heavy atom. The van der Waals surface area contributed by atoms with Crippen molar-refractivity contribution in [2.45, 2.75) is 6.61 Å². The lowest BCUT2D eigenvalue weighted by Crippen LogP contribution is -2.01. The van der Waals surface area contributed by atoms with Crippen molar-refractivity contribution in [2.75, 3.05) is 0 Å². The number of hydrogen-bond acceptors (Lipinski definition) is 2. The van der Waals surface area contributed by atoms with Gasteiger partial charge in [0.2, 0.25) is 0 Å². The molecule has 0 aliphatic carbocycles. The van der Waals surface area contributed by atoms with E-state index in [4.69, 9.17) is 4.74 Å². The summed E-state index contributed by atoms with van der Waals surface area (Å²) in [5.41, 5.74) is 2.32. The van der Waals surface area contributed by atoms with Crippen molar-refractivity contribution in [3.63, 3.8) is 0 Å². The Bertz CT molecular complexity index is 707. The number of rotatable bonds is 3. The molecule has 0 fully saturated rings. The van der Waals surface area contributed by atoms with E-state index < -0.39 is 0 Å². The van der Waals surface area contributed by atoms with Gasteiger partial charge in [-0.05, 0) is 30.3 Å². The molecule has 0 aliphatic rings. The number of ether oxygens (including phenoxy) is 1. The topological polar surface area (TPSA) is 27.1 Å². The number of benzene rings is 1. The van der Waals surface area contributed by atoms with E-state index in [1.54, 1.807) is 12.4 Å². The van der Waals surface area contributed by atoms with Crippen molar-refractivity contribution in [3.8, 4) is 5.75 Å². The molecule has 3 aromatic rings. The second-order valence-electron chi connectivity index (χ2n) is 4.34. The molecule has 0 N–H and O–H groups in total. The highest BCUT2D eigenvalue weighted by Gasteiger charge is 2.08. The molecule has 0 radical (unpaired) electrons. The summed E-state index contributed by atoms with van der Waals surface area (Å²) in [5, 5.41) is 1.20. The first-order valence-corrected chi connectivity index (χ1v) is 6.80. The molecule has 0 saturated heterocycles. The fraction of sp³-hybridized carbons (Fsp3) is 0.133. The maximum atomic E-state index is 5.74. The summed E-state index contributed by atoms with van der Waals surface area (Å²) in [6, 6.07) is 12.1. The van der Waals surface area contributed by atoms with E-state index in [0.717, 1.165) is 15.9 Å². The molecule has 1 aromatic carbocycles. The first-order valence-electron chi connectivity index (χ1n) is 6.01. The average molecular weight is 317 g/mol. The summed E-state index contributed by atoms with van der Waals surface area (Å²) in [5.74, 6) is 0.784. The normalized spacial score (nSPS) is 10.8. The van der Waals surface area contributed by atoms with Gasteiger partial charge in [-0.15, -0.1) is 0 Å². The number of hydrogen-bond donors (Lipinski definition) is 0. The van der Waals surface area contributed by atoms with Gasteiger partial charge in [0.25, 0.3) is 0 Å². The average Bonchev–Trinajstić information content (AvgIpc) is 2.77. The van der Waals surface area contributed by atoms with Crippen LogP contribution in [-0.4, -0.2) is 9.55 Å². The van der Waals surface area contributed by atoms with Crippen LogP contribution in [0.2, 0.25) is 0 Å². The summed E-state index contributed by atoms with van der Waals surface area (Å²) >= 11 is 3.58. The van der Waals surface area contributed by atoms with Crippen LogP contribution in [0.25, 0.3) is 10.9 Å². The standard InChI is InChI=1S/C15H13BrN2O/c1-18-11(10-19-12-4-3-7-17-9-12)8-13-14(16)5-2-6-15(13)18/h2-9H,10H2,1H3. The number of fused-ring (bicyclic) bond motifs is 1. The van der Waals surface area contributed by atoms with Gasteiger partial charge in [-0.2, -0.15) is 0 Å². The minimum Gasteiger partial charge on any atom is -0.486 e.